The smallest absolute Gasteiger partial charge is 0.338 e. The molecule has 7 nitrogen and oxygen atoms in total. The third kappa shape index (κ3) is 3.69. The summed E-state index contributed by atoms with van der Waals surface area (Å²) in [4.78, 5) is 11.2. The molecule has 1 aromatic carbocycles. The van der Waals surface area contributed by atoms with Gasteiger partial charge in [0, 0.05) is 6.07 Å². The van der Waals surface area contributed by atoms with Gasteiger partial charge in [-0.1, -0.05) is 23.2 Å². The lowest BCUT2D eigenvalue weighted by atomic mass is 10.1. The van der Waals surface area contributed by atoms with Gasteiger partial charge in [0.1, 0.15) is 26.4 Å². The minimum atomic E-state index is -4.17. The molecule has 0 unspecified atom stereocenters. The number of benzene rings is 1. The molecule has 130 valence electrons. The first kappa shape index (κ1) is 18.7. The van der Waals surface area contributed by atoms with Crippen LogP contribution in [0.15, 0.2) is 23.1 Å². The highest BCUT2D eigenvalue weighted by Gasteiger charge is 2.26. The minimum absolute atomic E-state index is 0.0206. The second kappa shape index (κ2) is 7.06. The summed E-state index contributed by atoms with van der Waals surface area (Å²) in [6.45, 7) is 0. The van der Waals surface area contributed by atoms with Crippen LogP contribution in [0, 0.1) is 0 Å². The first-order valence-corrected chi connectivity index (χ1v) is 9.22. The topological polar surface area (TPSA) is 102 Å². The van der Waals surface area contributed by atoms with Crippen LogP contribution in [-0.4, -0.2) is 33.7 Å². The van der Waals surface area contributed by atoms with Crippen LogP contribution >= 0.6 is 34.5 Å². The summed E-state index contributed by atoms with van der Waals surface area (Å²) in [5.74, 6) is -1.18. The third-order valence-corrected chi connectivity index (χ3v) is 6.02. The Morgan fingerprint density at radius 1 is 1.21 bits per heavy atom. The summed E-state index contributed by atoms with van der Waals surface area (Å²) in [5, 5.41) is 9.34. The summed E-state index contributed by atoms with van der Waals surface area (Å²) in [7, 11) is -1.56. The Hall–Kier alpha value is -1.68. The van der Waals surface area contributed by atoms with Gasteiger partial charge >= 0.3 is 5.97 Å². The van der Waals surface area contributed by atoms with E-state index in [1.165, 1.54) is 32.4 Å². The average Bonchev–Trinajstić information content (AvgIpc) is 2.86. The fraction of sp³-hybridized carbons (Fsp3) is 0.154. The van der Waals surface area contributed by atoms with E-state index in [0.717, 1.165) is 11.3 Å². The second-order valence-corrected chi connectivity index (χ2v) is 8.29. The fourth-order valence-corrected chi connectivity index (χ4v) is 5.08. The molecule has 0 aliphatic carbocycles. The minimum Gasteiger partial charge on any atom is -0.497 e. The number of halogens is 2. The van der Waals surface area contributed by atoms with Crippen molar-refractivity contribution in [3.8, 4) is 11.5 Å². The van der Waals surface area contributed by atoms with Crippen LogP contribution in [0.4, 0.5) is 5.69 Å². The Morgan fingerprint density at radius 2 is 1.88 bits per heavy atom. The number of sulfonamides is 1. The molecule has 24 heavy (non-hydrogen) atoms. The van der Waals surface area contributed by atoms with Gasteiger partial charge in [0.15, 0.2) is 0 Å². The van der Waals surface area contributed by atoms with E-state index in [4.69, 9.17) is 32.7 Å². The maximum absolute atomic E-state index is 12.5. The normalized spacial score (nSPS) is 11.2. The van der Waals surface area contributed by atoms with Crippen LogP contribution in [0.5, 0.6) is 11.5 Å². The molecule has 0 amide bonds. The van der Waals surface area contributed by atoms with Crippen LogP contribution in [0.1, 0.15) is 10.4 Å². The zero-order valence-electron chi connectivity index (χ0n) is 12.3. The van der Waals surface area contributed by atoms with Crippen molar-refractivity contribution in [2.75, 3.05) is 18.9 Å². The monoisotopic (exact) mass is 411 g/mol. The molecule has 2 N–H and O–H groups in total. The largest absolute Gasteiger partial charge is 0.497 e. The number of thiophene rings is 1. The second-order valence-electron chi connectivity index (χ2n) is 4.35. The number of hydrogen-bond acceptors (Lipinski definition) is 6. The molecular weight excluding hydrogens is 401 g/mol. The number of ether oxygens (including phenoxy) is 2. The van der Waals surface area contributed by atoms with Gasteiger partial charge in [-0.15, -0.1) is 11.3 Å². The zero-order chi connectivity index (χ0) is 18.1. The van der Waals surface area contributed by atoms with E-state index in [0.29, 0.717) is 0 Å². The van der Waals surface area contributed by atoms with Crippen molar-refractivity contribution in [1.82, 2.24) is 0 Å². The maximum atomic E-state index is 12.5. The number of carbonyl (C=O) groups is 1. The Morgan fingerprint density at radius 3 is 2.33 bits per heavy atom. The average molecular weight is 412 g/mol. The molecule has 1 heterocycles. The number of rotatable bonds is 6. The molecule has 0 saturated carbocycles. The number of anilines is 1. The van der Waals surface area contributed by atoms with Crippen LogP contribution in [0.25, 0.3) is 0 Å². The summed E-state index contributed by atoms with van der Waals surface area (Å²) < 4.78 is 37.4. The maximum Gasteiger partial charge on any atom is 0.338 e. The highest BCUT2D eigenvalue weighted by Crippen LogP contribution is 2.38. The van der Waals surface area contributed by atoms with Gasteiger partial charge in [-0.2, -0.15) is 0 Å². The quantitative estimate of drug-likeness (QED) is 0.752. The number of hydrogen-bond donors (Lipinski definition) is 2. The van der Waals surface area contributed by atoms with Gasteiger partial charge < -0.3 is 14.6 Å². The predicted octanol–water partition coefficient (Wildman–Crippen LogP) is 3.57. The SMILES string of the molecule is COc1cc(OC)c(NS(=O)(=O)c2cc(Cl)sc2Cl)c(C(=O)O)c1. The van der Waals surface area contributed by atoms with Crippen LogP contribution < -0.4 is 14.2 Å². The number of carboxylic acid groups (broad SMARTS) is 1. The van der Waals surface area contributed by atoms with E-state index in [-0.39, 0.29) is 36.3 Å². The fourth-order valence-electron chi connectivity index (χ4n) is 1.84. The zero-order valence-corrected chi connectivity index (χ0v) is 15.4. The van der Waals surface area contributed by atoms with E-state index >= 15 is 0 Å². The van der Waals surface area contributed by atoms with E-state index in [9.17, 15) is 18.3 Å². The van der Waals surface area contributed by atoms with Crippen molar-refractivity contribution in [1.29, 1.82) is 0 Å². The summed E-state index contributed by atoms with van der Waals surface area (Å²) in [6, 6.07) is 3.70. The van der Waals surface area contributed by atoms with Gasteiger partial charge in [0.25, 0.3) is 10.0 Å². The standard InChI is InChI=1S/C13H11Cl2NO6S2/c1-21-6-3-7(13(17)18)11(8(4-6)22-2)16-24(19,20)9-5-10(14)23-12(9)15/h3-5,16H,1-2H3,(H,17,18). The van der Waals surface area contributed by atoms with Crippen molar-refractivity contribution in [3.63, 3.8) is 0 Å². The van der Waals surface area contributed by atoms with Crippen molar-refractivity contribution in [3.05, 3.63) is 32.4 Å². The Kier molecular flexibility index (Phi) is 5.49. The molecule has 0 saturated heterocycles. The van der Waals surface area contributed by atoms with Crippen molar-refractivity contribution in [2.45, 2.75) is 4.90 Å². The molecule has 0 aliphatic rings. The summed E-state index contributed by atoms with van der Waals surface area (Å²) in [5.41, 5.74) is -0.587. The van der Waals surface area contributed by atoms with Crippen LogP contribution in [0.3, 0.4) is 0 Å². The van der Waals surface area contributed by atoms with E-state index in [2.05, 4.69) is 4.72 Å². The van der Waals surface area contributed by atoms with E-state index in [1.807, 2.05) is 0 Å². The van der Waals surface area contributed by atoms with Crippen LogP contribution in [0.2, 0.25) is 8.67 Å². The highest BCUT2D eigenvalue weighted by molar-refractivity contribution is 7.93. The third-order valence-electron chi connectivity index (χ3n) is 2.91. The van der Waals surface area contributed by atoms with Gasteiger partial charge in [-0.05, 0) is 12.1 Å². The van der Waals surface area contributed by atoms with Crippen molar-refractivity contribution < 1.29 is 27.8 Å². The highest BCUT2D eigenvalue weighted by atomic mass is 35.5. The summed E-state index contributed by atoms with van der Waals surface area (Å²) >= 11 is 12.5. The molecule has 0 bridgehead atoms. The first-order chi connectivity index (χ1) is 11.2. The molecule has 11 heteroatoms. The predicted molar refractivity (Wildman–Crippen MR) is 91.7 cm³/mol. The van der Waals surface area contributed by atoms with Crippen molar-refractivity contribution in [2.24, 2.45) is 0 Å². The lowest BCUT2D eigenvalue weighted by Gasteiger charge is -2.15. The first-order valence-electron chi connectivity index (χ1n) is 6.16. The number of aromatic carboxylic acids is 1. The molecule has 0 fully saturated rings. The molecule has 2 aromatic rings. The molecule has 0 aliphatic heterocycles. The number of carboxylic acids is 1. The van der Waals surface area contributed by atoms with E-state index in [1.54, 1.807) is 0 Å². The molecule has 1 aromatic heterocycles. The van der Waals surface area contributed by atoms with Crippen molar-refractivity contribution >= 4 is 56.2 Å². The lowest BCUT2D eigenvalue weighted by molar-refractivity contribution is 0.0697. The van der Waals surface area contributed by atoms with Crippen LogP contribution in [-0.2, 0) is 10.0 Å². The number of methoxy groups -OCH3 is 2. The molecular formula is C13H11Cl2NO6S2. The van der Waals surface area contributed by atoms with Gasteiger partial charge in [0.05, 0.1) is 24.1 Å². The number of nitrogens with one attached hydrogen (secondary N) is 1. The Bertz CT molecular complexity index is 894. The molecule has 0 radical (unpaired) electrons. The lowest BCUT2D eigenvalue weighted by Crippen LogP contribution is -2.16. The van der Waals surface area contributed by atoms with E-state index < -0.39 is 16.0 Å². The molecule has 2 rings (SSSR count). The van der Waals surface area contributed by atoms with Gasteiger partial charge in [0.2, 0.25) is 0 Å². The van der Waals surface area contributed by atoms with Gasteiger partial charge in [-0.3, -0.25) is 4.72 Å². The Labute approximate surface area is 151 Å². The molecule has 0 spiro atoms. The molecule has 0 atom stereocenters. The summed E-state index contributed by atoms with van der Waals surface area (Å²) in [6.07, 6.45) is 0. The van der Waals surface area contributed by atoms with Gasteiger partial charge in [-0.25, -0.2) is 13.2 Å². The Balaban J connectivity index is 2.60.